The number of hydrogen-bond donors (Lipinski definition) is 1. The normalized spacial score (nSPS) is 10.5. The summed E-state index contributed by atoms with van der Waals surface area (Å²) in [5.41, 5.74) is 3.82. The van der Waals surface area contributed by atoms with Crippen LogP contribution in [0.1, 0.15) is 45.4 Å². The molecule has 21 heavy (non-hydrogen) atoms. The van der Waals surface area contributed by atoms with Crippen molar-refractivity contribution in [1.29, 1.82) is 0 Å². The van der Waals surface area contributed by atoms with Crippen LogP contribution in [0.4, 0.5) is 5.69 Å². The first-order valence-electron chi connectivity index (χ1n) is 8.30. The maximum absolute atomic E-state index is 3.60. The predicted molar refractivity (Wildman–Crippen MR) is 93.7 cm³/mol. The highest BCUT2D eigenvalue weighted by Crippen LogP contribution is 2.27. The van der Waals surface area contributed by atoms with Crippen molar-refractivity contribution in [3.05, 3.63) is 54.6 Å². The Bertz CT molecular complexity index is 504. The summed E-state index contributed by atoms with van der Waals surface area (Å²) in [6, 6.07) is 19.2. The molecule has 0 aliphatic rings. The molecular formula is C20H27N. The summed E-state index contributed by atoms with van der Waals surface area (Å²) in [4.78, 5) is 0. The van der Waals surface area contributed by atoms with Crippen LogP contribution in [0, 0.1) is 0 Å². The van der Waals surface area contributed by atoms with Crippen molar-refractivity contribution in [2.45, 2.75) is 45.4 Å². The lowest BCUT2D eigenvalue weighted by atomic mass is 10.0. The summed E-state index contributed by atoms with van der Waals surface area (Å²) in [5, 5.41) is 3.60. The van der Waals surface area contributed by atoms with E-state index < -0.39 is 0 Å². The van der Waals surface area contributed by atoms with Gasteiger partial charge in [-0.25, -0.2) is 0 Å². The molecule has 0 amide bonds. The molecule has 0 spiro atoms. The van der Waals surface area contributed by atoms with E-state index in [1.54, 1.807) is 0 Å². The van der Waals surface area contributed by atoms with E-state index in [-0.39, 0.29) is 0 Å². The van der Waals surface area contributed by atoms with Gasteiger partial charge in [-0.2, -0.15) is 0 Å². The molecular weight excluding hydrogens is 254 g/mol. The minimum atomic E-state index is 1.07. The average Bonchev–Trinajstić information content (AvgIpc) is 2.55. The Kier molecular flexibility index (Phi) is 6.87. The van der Waals surface area contributed by atoms with Gasteiger partial charge in [0.15, 0.2) is 0 Å². The second-order valence-corrected chi connectivity index (χ2v) is 5.61. The van der Waals surface area contributed by atoms with Gasteiger partial charge < -0.3 is 5.32 Å². The molecule has 2 rings (SSSR count). The van der Waals surface area contributed by atoms with Gasteiger partial charge in [-0.1, -0.05) is 87.6 Å². The lowest BCUT2D eigenvalue weighted by Crippen LogP contribution is -2.02. The number of para-hydroxylation sites is 1. The van der Waals surface area contributed by atoms with Gasteiger partial charge in [-0.15, -0.1) is 0 Å². The standard InChI is InChI=1S/C20H27N/c1-2-3-4-5-6-12-17-21-20-16-11-10-15-19(20)18-13-8-7-9-14-18/h7-11,13-16,21H,2-6,12,17H2,1H3. The Labute approximate surface area is 129 Å². The Morgan fingerprint density at radius 1 is 0.714 bits per heavy atom. The van der Waals surface area contributed by atoms with E-state index in [4.69, 9.17) is 0 Å². The van der Waals surface area contributed by atoms with E-state index >= 15 is 0 Å². The molecule has 2 aromatic carbocycles. The lowest BCUT2D eigenvalue weighted by Gasteiger charge is -2.12. The molecule has 0 heterocycles. The lowest BCUT2D eigenvalue weighted by molar-refractivity contribution is 0.617. The monoisotopic (exact) mass is 281 g/mol. The summed E-state index contributed by atoms with van der Waals surface area (Å²) >= 11 is 0. The molecule has 112 valence electrons. The highest BCUT2D eigenvalue weighted by atomic mass is 14.9. The molecule has 2 aromatic rings. The van der Waals surface area contributed by atoms with Crippen molar-refractivity contribution in [2.24, 2.45) is 0 Å². The summed E-state index contributed by atoms with van der Waals surface area (Å²) in [5.74, 6) is 0. The van der Waals surface area contributed by atoms with E-state index in [2.05, 4.69) is 66.8 Å². The van der Waals surface area contributed by atoms with E-state index in [0.29, 0.717) is 0 Å². The van der Waals surface area contributed by atoms with E-state index in [0.717, 1.165) is 6.54 Å². The first-order valence-corrected chi connectivity index (χ1v) is 8.30. The maximum Gasteiger partial charge on any atom is 0.0419 e. The fourth-order valence-corrected chi connectivity index (χ4v) is 2.64. The highest BCUT2D eigenvalue weighted by Gasteiger charge is 2.03. The summed E-state index contributed by atoms with van der Waals surface area (Å²) in [6.07, 6.45) is 8.05. The third-order valence-electron chi connectivity index (χ3n) is 3.86. The minimum Gasteiger partial charge on any atom is -0.385 e. The Morgan fingerprint density at radius 2 is 1.38 bits per heavy atom. The van der Waals surface area contributed by atoms with Gasteiger partial charge in [-0.3, -0.25) is 0 Å². The molecule has 0 saturated heterocycles. The summed E-state index contributed by atoms with van der Waals surface area (Å²) in [7, 11) is 0. The molecule has 0 unspecified atom stereocenters. The SMILES string of the molecule is CCCCCCCCNc1ccccc1-c1ccccc1. The first kappa shape index (κ1) is 15.6. The van der Waals surface area contributed by atoms with Gasteiger partial charge in [-0.05, 0) is 18.1 Å². The second-order valence-electron chi connectivity index (χ2n) is 5.61. The van der Waals surface area contributed by atoms with Crippen LogP contribution in [0.25, 0.3) is 11.1 Å². The van der Waals surface area contributed by atoms with Gasteiger partial charge >= 0.3 is 0 Å². The molecule has 0 aromatic heterocycles. The maximum atomic E-state index is 3.60. The van der Waals surface area contributed by atoms with Crippen molar-refractivity contribution < 1.29 is 0 Å². The van der Waals surface area contributed by atoms with Crippen molar-refractivity contribution in [1.82, 2.24) is 0 Å². The smallest absolute Gasteiger partial charge is 0.0419 e. The van der Waals surface area contributed by atoms with Crippen LogP contribution in [-0.2, 0) is 0 Å². The second kappa shape index (κ2) is 9.23. The van der Waals surface area contributed by atoms with Gasteiger partial charge in [0.2, 0.25) is 0 Å². The van der Waals surface area contributed by atoms with Gasteiger partial charge in [0.25, 0.3) is 0 Å². The average molecular weight is 281 g/mol. The number of benzene rings is 2. The first-order chi connectivity index (χ1) is 10.4. The van der Waals surface area contributed by atoms with Crippen molar-refractivity contribution in [2.75, 3.05) is 11.9 Å². The fourth-order valence-electron chi connectivity index (χ4n) is 2.64. The van der Waals surface area contributed by atoms with Gasteiger partial charge in [0.1, 0.15) is 0 Å². The largest absolute Gasteiger partial charge is 0.385 e. The molecule has 0 fully saturated rings. The Morgan fingerprint density at radius 3 is 2.19 bits per heavy atom. The zero-order valence-electron chi connectivity index (χ0n) is 13.1. The fraction of sp³-hybridized carbons (Fsp3) is 0.400. The van der Waals surface area contributed by atoms with Crippen molar-refractivity contribution >= 4 is 5.69 Å². The summed E-state index contributed by atoms with van der Waals surface area (Å²) < 4.78 is 0. The molecule has 0 aliphatic carbocycles. The molecule has 1 nitrogen and oxygen atoms in total. The zero-order chi connectivity index (χ0) is 14.8. The van der Waals surface area contributed by atoms with Crippen LogP contribution in [0.15, 0.2) is 54.6 Å². The molecule has 0 aliphatic heterocycles. The quantitative estimate of drug-likeness (QED) is 0.545. The Balaban J connectivity index is 1.84. The minimum absolute atomic E-state index is 1.07. The molecule has 1 N–H and O–H groups in total. The number of nitrogens with one attached hydrogen (secondary N) is 1. The number of anilines is 1. The summed E-state index contributed by atoms with van der Waals surface area (Å²) in [6.45, 7) is 3.33. The van der Waals surface area contributed by atoms with E-state index in [9.17, 15) is 0 Å². The Hall–Kier alpha value is -1.76. The van der Waals surface area contributed by atoms with Crippen molar-refractivity contribution in [3.8, 4) is 11.1 Å². The van der Waals surface area contributed by atoms with Gasteiger partial charge in [0, 0.05) is 17.8 Å². The van der Waals surface area contributed by atoms with Gasteiger partial charge in [0.05, 0.1) is 0 Å². The molecule has 1 heteroatoms. The number of hydrogen-bond acceptors (Lipinski definition) is 1. The molecule has 0 saturated carbocycles. The number of rotatable bonds is 9. The highest BCUT2D eigenvalue weighted by molar-refractivity contribution is 5.77. The zero-order valence-corrected chi connectivity index (χ0v) is 13.1. The van der Waals surface area contributed by atoms with Crippen molar-refractivity contribution in [3.63, 3.8) is 0 Å². The van der Waals surface area contributed by atoms with E-state index in [1.807, 2.05) is 0 Å². The number of unbranched alkanes of at least 4 members (excludes halogenated alkanes) is 5. The predicted octanol–water partition coefficient (Wildman–Crippen LogP) is 6.13. The van der Waals surface area contributed by atoms with Crippen LogP contribution in [0.5, 0.6) is 0 Å². The molecule has 0 bridgehead atoms. The molecule has 0 radical (unpaired) electrons. The topological polar surface area (TPSA) is 12.0 Å². The van der Waals surface area contributed by atoms with Crippen LogP contribution in [-0.4, -0.2) is 6.54 Å². The third-order valence-corrected chi connectivity index (χ3v) is 3.86. The van der Waals surface area contributed by atoms with Crippen LogP contribution >= 0.6 is 0 Å². The van der Waals surface area contributed by atoms with Crippen LogP contribution < -0.4 is 5.32 Å². The van der Waals surface area contributed by atoms with Crippen LogP contribution in [0.2, 0.25) is 0 Å². The third kappa shape index (κ3) is 5.26. The molecule has 0 atom stereocenters. The van der Waals surface area contributed by atoms with Crippen LogP contribution in [0.3, 0.4) is 0 Å². The van der Waals surface area contributed by atoms with E-state index in [1.165, 1.54) is 55.3 Å².